The number of benzene rings is 2. The average molecular weight is 392 g/mol. The Kier molecular flexibility index (Phi) is 4.88. The molecule has 7 heteroatoms. The molecule has 0 bridgehead atoms. The highest BCUT2D eigenvalue weighted by Gasteiger charge is 2.13. The molecule has 0 amide bonds. The van der Waals surface area contributed by atoms with Crippen LogP contribution in [0.5, 0.6) is 6.01 Å². The van der Waals surface area contributed by atoms with Crippen LogP contribution in [0.4, 0.5) is 16.1 Å². The van der Waals surface area contributed by atoms with E-state index in [9.17, 15) is 4.39 Å². The van der Waals surface area contributed by atoms with Gasteiger partial charge in [0.1, 0.15) is 11.3 Å². The third-order valence-electron chi connectivity index (χ3n) is 4.10. The Balaban J connectivity index is 1.49. The van der Waals surface area contributed by atoms with Crippen LogP contribution in [0.25, 0.3) is 22.2 Å². The fraction of sp³-hybridized carbons (Fsp3) is 0.227. The van der Waals surface area contributed by atoms with E-state index >= 15 is 0 Å². The number of hydrogen-bond acceptors (Lipinski definition) is 6. The van der Waals surface area contributed by atoms with Crippen LogP contribution in [-0.2, 0) is 0 Å². The van der Waals surface area contributed by atoms with Crippen LogP contribution in [0, 0.1) is 11.2 Å². The van der Waals surface area contributed by atoms with E-state index in [1.54, 1.807) is 24.5 Å². The zero-order valence-corrected chi connectivity index (χ0v) is 16.4. The van der Waals surface area contributed by atoms with Crippen LogP contribution in [0.3, 0.4) is 0 Å². The zero-order chi connectivity index (χ0) is 20.4. The van der Waals surface area contributed by atoms with Gasteiger partial charge in [-0.3, -0.25) is 0 Å². The molecule has 2 aromatic carbocycles. The van der Waals surface area contributed by atoms with Crippen LogP contribution in [0.1, 0.15) is 20.8 Å². The SMILES string of the molecule is CC(C)(C)COc1ncc(-c2ccc(Nc3nc4ccccc4o3)c(F)c2)cn1. The number of halogens is 1. The molecule has 0 aliphatic carbocycles. The number of hydrogen-bond donors (Lipinski definition) is 1. The van der Waals surface area contributed by atoms with Crippen molar-refractivity contribution in [3.8, 4) is 17.1 Å². The maximum absolute atomic E-state index is 14.6. The van der Waals surface area contributed by atoms with Gasteiger partial charge in [0, 0.05) is 18.0 Å². The summed E-state index contributed by atoms with van der Waals surface area (Å²) in [6.07, 6.45) is 3.24. The molecule has 6 nitrogen and oxygen atoms in total. The molecule has 0 spiro atoms. The Morgan fingerprint density at radius 1 is 1.03 bits per heavy atom. The molecular formula is C22H21FN4O2. The van der Waals surface area contributed by atoms with Crippen molar-refractivity contribution in [1.29, 1.82) is 0 Å². The van der Waals surface area contributed by atoms with E-state index in [0.717, 1.165) is 0 Å². The van der Waals surface area contributed by atoms with Crippen LogP contribution in [-0.4, -0.2) is 21.6 Å². The first-order valence-electron chi connectivity index (χ1n) is 9.25. The van der Waals surface area contributed by atoms with Gasteiger partial charge in [0.2, 0.25) is 0 Å². The first-order valence-corrected chi connectivity index (χ1v) is 9.25. The molecule has 29 heavy (non-hydrogen) atoms. The van der Waals surface area contributed by atoms with Gasteiger partial charge in [0.15, 0.2) is 5.58 Å². The third-order valence-corrected chi connectivity index (χ3v) is 4.10. The van der Waals surface area contributed by atoms with E-state index in [1.807, 2.05) is 24.3 Å². The van der Waals surface area contributed by atoms with Gasteiger partial charge in [0.05, 0.1) is 12.3 Å². The van der Waals surface area contributed by atoms with E-state index in [4.69, 9.17) is 9.15 Å². The lowest BCUT2D eigenvalue weighted by molar-refractivity contribution is 0.184. The summed E-state index contributed by atoms with van der Waals surface area (Å²) in [5.41, 5.74) is 2.98. The number of rotatable bonds is 5. The van der Waals surface area contributed by atoms with E-state index in [0.29, 0.717) is 34.8 Å². The Labute approximate surface area is 167 Å². The summed E-state index contributed by atoms with van der Waals surface area (Å²) in [5.74, 6) is -0.433. The summed E-state index contributed by atoms with van der Waals surface area (Å²) < 4.78 is 25.8. The van der Waals surface area contributed by atoms with Crippen LogP contribution in [0.2, 0.25) is 0 Å². The fourth-order valence-electron chi connectivity index (χ4n) is 2.66. The molecule has 0 radical (unpaired) electrons. The summed E-state index contributed by atoms with van der Waals surface area (Å²) in [6, 6.07) is 12.7. The quantitative estimate of drug-likeness (QED) is 0.477. The molecular weight excluding hydrogens is 371 g/mol. The Bertz CT molecular complexity index is 1100. The summed E-state index contributed by atoms with van der Waals surface area (Å²) in [7, 11) is 0. The van der Waals surface area contributed by atoms with E-state index in [-0.39, 0.29) is 17.1 Å². The van der Waals surface area contributed by atoms with E-state index in [1.165, 1.54) is 6.07 Å². The number of aromatic nitrogens is 3. The van der Waals surface area contributed by atoms with Crippen molar-refractivity contribution in [2.75, 3.05) is 11.9 Å². The summed E-state index contributed by atoms with van der Waals surface area (Å²) in [6.45, 7) is 6.72. The van der Waals surface area contributed by atoms with Gasteiger partial charge in [-0.25, -0.2) is 14.4 Å². The number of nitrogens with zero attached hydrogens (tertiary/aromatic N) is 3. The minimum atomic E-state index is -0.433. The normalized spacial score (nSPS) is 11.6. The second-order valence-corrected chi connectivity index (χ2v) is 7.91. The Morgan fingerprint density at radius 2 is 1.79 bits per heavy atom. The lowest BCUT2D eigenvalue weighted by Crippen LogP contribution is -2.17. The number of oxazole rings is 1. The average Bonchev–Trinajstić information content (AvgIpc) is 3.10. The highest BCUT2D eigenvalue weighted by Crippen LogP contribution is 2.27. The molecule has 4 aromatic rings. The van der Waals surface area contributed by atoms with Crippen molar-refractivity contribution in [1.82, 2.24) is 15.0 Å². The number of para-hydroxylation sites is 2. The number of nitrogens with one attached hydrogen (secondary N) is 1. The van der Waals surface area contributed by atoms with Crippen molar-refractivity contribution in [3.05, 3.63) is 60.7 Å². The van der Waals surface area contributed by atoms with Crippen molar-refractivity contribution in [2.24, 2.45) is 5.41 Å². The van der Waals surface area contributed by atoms with Gasteiger partial charge in [-0.2, -0.15) is 4.98 Å². The van der Waals surface area contributed by atoms with Crippen LogP contribution in [0.15, 0.2) is 59.3 Å². The van der Waals surface area contributed by atoms with Crippen molar-refractivity contribution >= 4 is 22.8 Å². The summed E-state index contributed by atoms with van der Waals surface area (Å²) >= 11 is 0. The minimum Gasteiger partial charge on any atom is -0.463 e. The highest BCUT2D eigenvalue weighted by molar-refractivity contribution is 5.75. The molecule has 0 saturated heterocycles. The van der Waals surface area contributed by atoms with Crippen LogP contribution < -0.4 is 10.1 Å². The van der Waals surface area contributed by atoms with Crippen molar-refractivity contribution in [3.63, 3.8) is 0 Å². The monoisotopic (exact) mass is 392 g/mol. The summed E-state index contributed by atoms with van der Waals surface area (Å²) in [4.78, 5) is 12.7. The maximum atomic E-state index is 14.6. The van der Waals surface area contributed by atoms with Gasteiger partial charge in [-0.1, -0.05) is 39.0 Å². The topological polar surface area (TPSA) is 73.1 Å². The predicted molar refractivity (Wildman–Crippen MR) is 110 cm³/mol. The standard InChI is InChI=1S/C22H21FN4O2/c1-22(2,3)13-28-20-24-11-15(12-25-20)14-8-9-17(16(23)10-14)26-21-27-18-6-4-5-7-19(18)29-21/h4-12H,13H2,1-3H3,(H,26,27). The van der Waals surface area contributed by atoms with Gasteiger partial charge < -0.3 is 14.5 Å². The second-order valence-electron chi connectivity index (χ2n) is 7.91. The first-order chi connectivity index (χ1) is 13.9. The lowest BCUT2D eigenvalue weighted by Gasteiger charge is -2.17. The summed E-state index contributed by atoms with van der Waals surface area (Å²) in [5, 5.41) is 2.88. The molecule has 0 aliphatic heterocycles. The lowest BCUT2D eigenvalue weighted by atomic mass is 9.99. The number of fused-ring (bicyclic) bond motifs is 1. The minimum absolute atomic E-state index is 0.0166. The molecule has 4 rings (SSSR count). The molecule has 0 unspecified atom stereocenters. The molecule has 0 atom stereocenters. The maximum Gasteiger partial charge on any atom is 0.316 e. The Morgan fingerprint density at radius 3 is 2.48 bits per heavy atom. The first kappa shape index (κ1) is 18.9. The van der Waals surface area contributed by atoms with Gasteiger partial charge in [0.25, 0.3) is 6.01 Å². The molecule has 2 heterocycles. The van der Waals surface area contributed by atoms with Gasteiger partial charge >= 0.3 is 6.01 Å². The zero-order valence-electron chi connectivity index (χ0n) is 16.4. The second kappa shape index (κ2) is 7.50. The molecule has 0 aliphatic rings. The van der Waals surface area contributed by atoms with E-state index in [2.05, 4.69) is 41.0 Å². The largest absolute Gasteiger partial charge is 0.463 e. The number of ether oxygens (including phenoxy) is 1. The highest BCUT2D eigenvalue weighted by atomic mass is 19.1. The van der Waals surface area contributed by atoms with Gasteiger partial charge in [-0.15, -0.1) is 0 Å². The van der Waals surface area contributed by atoms with E-state index < -0.39 is 5.82 Å². The molecule has 1 N–H and O–H groups in total. The van der Waals surface area contributed by atoms with Crippen molar-refractivity contribution in [2.45, 2.75) is 20.8 Å². The van der Waals surface area contributed by atoms with Crippen LogP contribution >= 0.6 is 0 Å². The Hall–Kier alpha value is -3.48. The molecule has 148 valence electrons. The molecule has 0 saturated carbocycles. The molecule has 2 aromatic heterocycles. The van der Waals surface area contributed by atoms with Crippen molar-refractivity contribution < 1.29 is 13.5 Å². The fourth-order valence-corrected chi connectivity index (χ4v) is 2.66. The third kappa shape index (κ3) is 4.51. The predicted octanol–water partition coefficient (Wildman–Crippen LogP) is 5.59. The molecule has 0 fully saturated rings. The number of anilines is 2. The van der Waals surface area contributed by atoms with Gasteiger partial charge in [-0.05, 0) is 35.2 Å². The smallest absolute Gasteiger partial charge is 0.316 e.